The SMILES string of the molecule is O=C(c1coc2ccccc12)N1CCCc2[nH]ncc21. The van der Waals surface area contributed by atoms with Crippen molar-refractivity contribution in [2.24, 2.45) is 0 Å². The van der Waals surface area contributed by atoms with Gasteiger partial charge in [0.05, 0.1) is 23.1 Å². The van der Waals surface area contributed by atoms with Gasteiger partial charge in [0.15, 0.2) is 0 Å². The molecule has 0 unspecified atom stereocenters. The number of nitrogens with one attached hydrogen (secondary N) is 1. The zero-order valence-corrected chi connectivity index (χ0v) is 10.8. The van der Waals surface area contributed by atoms with Crippen molar-refractivity contribution in [1.82, 2.24) is 10.2 Å². The highest BCUT2D eigenvalue weighted by molar-refractivity contribution is 6.13. The number of aryl methyl sites for hydroxylation is 1. The minimum atomic E-state index is -0.0303. The fourth-order valence-corrected chi connectivity index (χ4v) is 2.76. The third-order valence-corrected chi connectivity index (χ3v) is 3.75. The fourth-order valence-electron chi connectivity index (χ4n) is 2.76. The van der Waals surface area contributed by atoms with Gasteiger partial charge in [-0.05, 0) is 18.9 Å². The zero-order chi connectivity index (χ0) is 13.5. The molecule has 20 heavy (non-hydrogen) atoms. The van der Waals surface area contributed by atoms with Crippen LogP contribution in [-0.2, 0) is 6.42 Å². The van der Waals surface area contributed by atoms with Gasteiger partial charge >= 0.3 is 0 Å². The summed E-state index contributed by atoms with van der Waals surface area (Å²) >= 11 is 0. The summed E-state index contributed by atoms with van der Waals surface area (Å²) in [5, 5.41) is 7.85. The number of rotatable bonds is 1. The molecule has 1 amide bonds. The van der Waals surface area contributed by atoms with E-state index in [0.29, 0.717) is 12.1 Å². The Kier molecular flexibility index (Phi) is 2.39. The van der Waals surface area contributed by atoms with E-state index >= 15 is 0 Å². The van der Waals surface area contributed by atoms with Gasteiger partial charge < -0.3 is 9.32 Å². The molecular weight excluding hydrogens is 254 g/mol. The van der Waals surface area contributed by atoms with Gasteiger partial charge in [0, 0.05) is 11.9 Å². The molecule has 5 nitrogen and oxygen atoms in total. The number of hydrogen-bond donors (Lipinski definition) is 1. The average Bonchev–Trinajstić information content (AvgIpc) is 3.12. The Morgan fingerprint density at radius 3 is 3.20 bits per heavy atom. The van der Waals surface area contributed by atoms with E-state index < -0.39 is 0 Å². The molecule has 1 N–H and O–H groups in total. The van der Waals surface area contributed by atoms with Gasteiger partial charge in [-0.3, -0.25) is 9.89 Å². The number of anilines is 1. The molecule has 0 spiro atoms. The smallest absolute Gasteiger partial charge is 0.262 e. The molecule has 0 radical (unpaired) electrons. The van der Waals surface area contributed by atoms with Gasteiger partial charge in [-0.2, -0.15) is 5.10 Å². The van der Waals surface area contributed by atoms with Crippen molar-refractivity contribution in [2.75, 3.05) is 11.4 Å². The van der Waals surface area contributed by atoms with Gasteiger partial charge in [-0.1, -0.05) is 18.2 Å². The van der Waals surface area contributed by atoms with Crippen LogP contribution in [0.15, 0.2) is 41.1 Å². The summed E-state index contributed by atoms with van der Waals surface area (Å²) in [5.41, 5.74) is 3.25. The van der Waals surface area contributed by atoms with Gasteiger partial charge in [-0.15, -0.1) is 0 Å². The van der Waals surface area contributed by atoms with Crippen molar-refractivity contribution in [3.05, 3.63) is 48.0 Å². The third-order valence-electron chi connectivity index (χ3n) is 3.75. The summed E-state index contributed by atoms with van der Waals surface area (Å²) in [5.74, 6) is -0.0303. The molecule has 0 aliphatic carbocycles. The highest BCUT2D eigenvalue weighted by Gasteiger charge is 2.27. The molecule has 100 valence electrons. The van der Waals surface area contributed by atoms with Crippen molar-refractivity contribution >= 4 is 22.6 Å². The van der Waals surface area contributed by atoms with Crippen LogP contribution in [0.25, 0.3) is 11.0 Å². The number of fused-ring (bicyclic) bond motifs is 2. The number of amides is 1. The molecule has 1 aliphatic rings. The lowest BCUT2D eigenvalue weighted by molar-refractivity contribution is 0.0986. The quantitative estimate of drug-likeness (QED) is 0.737. The fraction of sp³-hybridized carbons (Fsp3) is 0.200. The van der Waals surface area contributed by atoms with Gasteiger partial charge in [0.2, 0.25) is 0 Å². The molecular formula is C15H13N3O2. The lowest BCUT2D eigenvalue weighted by atomic mass is 10.1. The maximum atomic E-state index is 12.8. The Morgan fingerprint density at radius 1 is 1.35 bits per heavy atom. The van der Waals surface area contributed by atoms with Crippen molar-refractivity contribution in [2.45, 2.75) is 12.8 Å². The molecule has 0 saturated heterocycles. The summed E-state index contributed by atoms with van der Waals surface area (Å²) in [6, 6.07) is 7.58. The maximum absolute atomic E-state index is 12.8. The zero-order valence-electron chi connectivity index (χ0n) is 10.8. The van der Waals surface area contributed by atoms with Crippen molar-refractivity contribution < 1.29 is 9.21 Å². The number of furan rings is 1. The number of aromatic nitrogens is 2. The molecule has 1 aliphatic heterocycles. The molecule has 3 aromatic rings. The van der Waals surface area contributed by atoms with Crippen LogP contribution in [0.3, 0.4) is 0 Å². The first-order chi connectivity index (χ1) is 9.84. The van der Waals surface area contributed by atoms with E-state index in [0.717, 1.165) is 35.2 Å². The van der Waals surface area contributed by atoms with Gasteiger partial charge in [0.25, 0.3) is 5.91 Å². The number of aromatic amines is 1. The first-order valence-electron chi connectivity index (χ1n) is 6.65. The highest BCUT2D eigenvalue weighted by atomic mass is 16.3. The number of carbonyl (C=O) groups excluding carboxylic acids is 1. The predicted octanol–water partition coefficient (Wildman–Crippen LogP) is 2.75. The summed E-state index contributed by atoms with van der Waals surface area (Å²) in [6.07, 6.45) is 5.14. The number of nitrogens with zero attached hydrogens (tertiary/aromatic N) is 2. The Balaban J connectivity index is 1.79. The van der Waals surface area contributed by atoms with E-state index in [1.54, 1.807) is 17.4 Å². The molecule has 0 saturated carbocycles. The second-order valence-electron chi connectivity index (χ2n) is 4.94. The van der Waals surface area contributed by atoms with E-state index in [1.165, 1.54) is 0 Å². The second-order valence-corrected chi connectivity index (χ2v) is 4.94. The van der Waals surface area contributed by atoms with Crippen LogP contribution in [0, 0.1) is 0 Å². The van der Waals surface area contributed by atoms with E-state index in [-0.39, 0.29) is 5.91 Å². The van der Waals surface area contributed by atoms with E-state index in [2.05, 4.69) is 10.2 Å². The minimum Gasteiger partial charge on any atom is -0.463 e. The highest BCUT2D eigenvalue weighted by Crippen LogP contribution is 2.29. The number of hydrogen-bond acceptors (Lipinski definition) is 3. The van der Waals surface area contributed by atoms with Crippen LogP contribution in [0.2, 0.25) is 0 Å². The number of benzene rings is 1. The first-order valence-corrected chi connectivity index (χ1v) is 6.65. The Labute approximate surface area is 115 Å². The van der Waals surface area contributed by atoms with Crippen molar-refractivity contribution in [1.29, 1.82) is 0 Å². The molecule has 5 heteroatoms. The number of para-hydroxylation sites is 1. The molecule has 2 aromatic heterocycles. The lowest BCUT2D eigenvalue weighted by Crippen LogP contribution is -2.34. The molecule has 0 bridgehead atoms. The minimum absolute atomic E-state index is 0.0303. The topological polar surface area (TPSA) is 62.1 Å². The first kappa shape index (κ1) is 11.3. The second kappa shape index (κ2) is 4.23. The summed E-state index contributed by atoms with van der Waals surface area (Å²) < 4.78 is 5.46. The third kappa shape index (κ3) is 1.56. The number of carbonyl (C=O) groups is 1. The summed E-state index contributed by atoms with van der Waals surface area (Å²) in [4.78, 5) is 14.5. The van der Waals surface area contributed by atoms with Crippen LogP contribution in [0.4, 0.5) is 5.69 Å². The Hall–Kier alpha value is -2.56. The van der Waals surface area contributed by atoms with Gasteiger partial charge in [-0.25, -0.2) is 0 Å². The molecule has 4 rings (SSSR count). The van der Waals surface area contributed by atoms with Crippen LogP contribution in [0.5, 0.6) is 0 Å². The molecule has 1 aromatic carbocycles. The predicted molar refractivity (Wildman–Crippen MR) is 74.8 cm³/mol. The molecule has 3 heterocycles. The summed E-state index contributed by atoms with van der Waals surface area (Å²) in [6.45, 7) is 0.713. The molecule has 0 fully saturated rings. The lowest BCUT2D eigenvalue weighted by Gasteiger charge is -2.25. The monoisotopic (exact) mass is 267 g/mol. The molecule has 0 atom stereocenters. The van der Waals surface area contributed by atoms with Crippen LogP contribution < -0.4 is 4.90 Å². The normalized spacial score (nSPS) is 14.5. The average molecular weight is 267 g/mol. The van der Waals surface area contributed by atoms with Gasteiger partial charge in [0.1, 0.15) is 11.8 Å². The van der Waals surface area contributed by atoms with Crippen LogP contribution >= 0.6 is 0 Å². The van der Waals surface area contributed by atoms with Crippen LogP contribution in [-0.4, -0.2) is 22.6 Å². The maximum Gasteiger partial charge on any atom is 0.262 e. The van der Waals surface area contributed by atoms with E-state index in [9.17, 15) is 4.79 Å². The van der Waals surface area contributed by atoms with E-state index in [1.807, 2.05) is 24.3 Å². The van der Waals surface area contributed by atoms with Crippen molar-refractivity contribution in [3.63, 3.8) is 0 Å². The number of H-pyrrole nitrogens is 1. The summed E-state index contributed by atoms with van der Waals surface area (Å²) in [7, 11) is 0. The van der Waals surface area contributed by atoms with E-state index in [4.69, 9.17) is 4.42 Å². The standard InChI is InChI=1S/C15H13N3O2/c19-15(11-9-20-14-6-2-1-4-10(11)14)18-7-3-5-12-13(18)8-16-17-12/h1-2,4,6,8-9H,3,5,7H2,(H,16,17). The Bertz CT molecular complexity index is 787. The van der Waals surface area contributed by atoms with Crippen LogP contribution in [0.1, 0.15) is 22.5 Å². The largest absolute Gasteiger partial charge is 0.463 e. The Morgan fingerprint density at radius 2 is 2.25 bits per heavy atom. The van der Waals surface area contributed by atoms with Crippen molar-refractivity contribution in [3.8, 4) is 0 Å².